The van der Waals surface area contributed by atoms with Crippen molar-refractivity contribution in [3.8, 4) is 0 Å². The summed E-state index contributed by atoms with van der Waals surface area (Å²) >= 11 is 0. The van der Waals surface area contributed by atoms with Crippen LogP contribution in [-0.2, 0) is 14.6 Å². The molecule has 0 saturated carbocycles. The van der Waals surface area contributed by atoms with Gasteiger partial charge in [-0.1, -0.05) is 6.58 Å². The second kappa shape index (κ2) is 5.64. The predicted octanol–water partition coefficient (Wildman–Crippen LogP) is 0.131. The number of nitrogens with two attached hydrogens (primary N) is 1. The molecule has 6 heteroatoms. The number of hydrogen-bond acceptors (Lipinski definition) is 4. The van der Waals surface area contributed by atoms with E-state index in [1.165, 1.54) is 0 Å². The molecule has 1 rings (SSSR count). The smallest absolute Gasteiger partial charge is 0.221 e. The van der Waals surface area contributed by atoms with E-state index in [-0.39, 0.29) is 17.6 Å². The van der Waals surface area contributed by atoms with Gasteiger partial charge in [0.2, 0.25) is 5.91 Å². The minimum Gasteiger partial charge on any atom is -0.369 e. The summed E-state index contributed by atoms with van der Waals surface area (Å²) in [7, 11) is -3.17. The van der Waals surface area contributed by atoms with Crippen LogP contribution in [0.15, 0.2) is 12.0 Å². The highest BCUT2D eigenvalue weighted by Gasteiger charge is 2.28. The number of hydrogen-bond donors (Lipinski definition) is 1. The highest BCUT2D eigenvalue weighted by Crippen LogP contribution is 2.21. The van der Waals surface area contributed by atoms with Gasteiger partial charge in [0, 0.05) is 24.5 Å². The zero-order valence-electron chi connectivity index (χ0n) is 10.1. The van der Waals surface area contributed by atoms with E-state index in [9.17, 15) is 13.2 Å². The topological polar surface area (TPSA) is 80.5 Å². The van der Waals surface area contributed by atoms with Gasteiger partial charge < -0.3 is 5.73 Å². The first-order valence-corrected chi connectivity index (χ1v) is 7.46. The summed E-state index contributed by atoms with van der Waals surface area (Å²) in [5.74, 6) is -0.405. The Bertz CT molecular complexity index is 392. The predicted molar refractivity (Wildman–Crippen MR) is 66.9 cm³/mol. The molecule has 0 aromatic carbocycles. The van der Waals surface area contributed by atoms with E-state index >= 15 is 0 Å². The zero-order chi connectivity index (χ0) is 13.1. The molecule has 1 fully saturated rings. The third kappa shape index (κ3) is 4.12. The van der Waals surface area contributed by atoms with Crippen LogP contribution in [0.5, 0.6) is 0 Å². The number of rotatable bonds is 5. The number of sulfone groups is 1. The van der Waals surface area contributed by atoms with Gasteiger partial charge in [-0.25, -0.2) is 8.42 Å². The molecule has 0 aromatic rings. The summed E-state index contributed by atoms with van der Waals surface area (Å²) in [5.41, 5.74) is 5.28. The summed E-state index contributed by atoms with van der Waals surface area (Å²) < 4.78 is 22.7. The van der Waals surface area contributed by atoms with Crippen LogP contribution in [0.4, 0.5) is 0 Å². The van der Waals surface area contributed by atoms with Crippen molar-refractivity contribution in [1.29, 1.82) is 0 Å². The largest absolute Gasteiger partial charge is 0.369 e. The Labute approximate surface area is 103 Å². The zero-order valence-corrected chi connectivity index (χ0v) is 10.9. The second-order valence-electron chi connectivity index (χ2n) is 4.55. The van der Waals surface area contributed by atoms with Gasteiger partial charge in [0.05, 0.1) is 11.7 Å². The van der Waals surface area contributed by atoms with Gasteiger partial charge in [-0.2, -0.15) is 0 Å². The Morgan fingerprint density at radius 3 is 2.71 bits per heavy atom. The lowest BCUT2D eigenvalue weighted by Crippen LogP contribution is -2.47. The van der Waals surface area contributed by atoms with Crippen LogP contribution in [0.3, 0.4) is 0 Å². The van der Waals surface area contributed by atoms with Crippen LogP contribution in [0.2, 0.25) is 0 Å². The van der Waals surface area contributed by atoms with Crippen molar-refractivity contribution in [2.75, 3.05) is 18.8 Å². The van der Waals surface area contributed by atoms with E-state index in [1.807, 2.05) is 11.8 Å². The third-order valence-electron chi connectivity index (χ3n) is 3.33. The molecule has 0 aromatic heterocycles. The first-order chi connectivity index (χ1) is 7.85. The lowest BCUT2D eigenvalue weighted by Gasteiger charge is -2.36. The molecule has 0 aliphatic carbocycles. The molecule has 2 N–H and O–H groups in total. The fraction of sp³-hybridized carbons (Fsp3) is 0.727. The van der Waals surface area contributed by atoms with E-state index in [0.717, 1.165) is 18.2 Å². The van der Waals surface area contributed by atoms with Crippen molar-refractivity contribution in [2.45, 2.75) is 25.8 Å². The molecule has 5 nitrogen and oxygen atoms in total. The molecule has 0 spiro atoms. The van der Waals surface area contributed by atoms with Gasteiger partial charge in [0.15, 0.2) is 9.84 Å². The summed E-state index contributed by atoms with van der Waals surface area (Å²) in [5, 5.41) is 0.979. The molecule has 1 amide bonds. The SMILES string of the molecule is C=CS(=O)(=O)CCN1CC(C(N)=O)CCC1C. The maximum absolute atomic E-state index is 11.3. The Morgan fingerprint density at radius 1 is 1.53 bits per heavy atom. The van der Waals surface area contributed by atoms with Crippen molar-refractivity contribution in [1.82, 2.24) is 4.90 Å². The molecule has 0 radical (unpaired) electrons. The Balaban J connectivity index is 2.56. The lowest BCUT2D eigenvalue weighted by molar-refractivity contribution is -0.123. The second-order valence-corrected chi connectivity index (χ2v) is 6.62. The molecule has 98 valence electrons. The van der Waals surface area contributed by atoms with E-state index in [2.05, 4.69) is 6.58 Å². The van der Waals surface area contributed by atoms with Crippen molar-refractivity contribution in [2.24, 2.45) is 11.7 Å². The molecule has 1 heterocycles. The lowest BCUT2D eigenvalue weighted by atomic mass is 9.93. The monoisotopic (exact) mass is 260 g/mol. The third-order valence-corrected chi connectivity index (χ3v) is 4.59. The first-order valence-electron chi connectivity index (χ1n) is 5.74. The van der Waals surface area contributed by atoms with Crippen molar-refractivity contribution >= 4 is 15.7 Å². The number of primary amides is 1. The Morgan fingerprint density at radius 2 is 2.18 bits per heavy atom. The molecule has 17 heavy (non-hydrogen) atoms. The number of piperidine rings is 1. The van der Waals surface area contributed by atoms with Crippen LogP contribution >= 0.6 is 0 Å². The van der Waals surface area contributed by atoms with Gasteiger partial charge >= 0.3 is 0 Å². The Kier molecular flexibility index (Phi) is 4.70. The first kappa shape index (κ1) is 14.2. The summed E-state index contributed by atoms with van der Waals surface area (Å²) in [6.07, 6.45) is 1.67. The van der Waals surface area contributed by atoms with E-state index in [0.29, 0.717) is 19.1 Å². The maximum Gasteiger partial charge on any atom is 0.221 e. The normalized spacial score (nSPS) is 26.6. The van der Waals surface area contributed by atoms with E-state index < -0.39 is 9.84 Å². The van der Waals surface area contributed by atoms with Gasteiger partial charge in [-0.3, -0.25) is 9.69 Å². The van der Waals surface area contributed by atoms with Crippen LogP contribution in [0.1, 0.15) is 19.8 Å². The number of nitrogens with zero attached hydrogens (tertiary/aromatic N) is 1. The number of carbonyl (C=O) groups excluding carboxylic acids is 1. The van der Waals surface area contributed by atoms with Crippen molar-refractivity contribution < 1.29 is 13.2 Å². The molecule has 0 bridgehead atoms. The molecular weight excluding hydrogens is 240 g/mol. The number of likely N-dealkylation sites (tertiary alicyclic amines) is 1. The van der Waals surface area contributed by atoms with Gasteiger partial charge in [0.25, 0.3) is 0 Å². The standard InChI is InChI=1S/C11H20N2O3S/c1-3-17(15,16)7-6-13-8-10(11(12)14)5-4-9(13)2/h3,9-10H,1,4-8H2,2H3,(H2,12,14). The quantitative estimate of drug-likeness (QED) is 0.762. The highest BCUT2D eigenvalue weighted by atomic mass is 32.2. The molecule has 1 saturated heterocycles. The Hall–Kier alpha value is -0.880. The van der Waals surface area contributed by atoms with Crippen molar-refractivity contribution in [3.63, 3.8) is 0 Å². The summed E-state index contributed by atoms with van der Waals surface area (Å²) in [6.45, 7) is 6.31. The fourth-order valence-electron chi connectivity index (χ4n) is 2.05. The molecule has 1 aliphatic heterocycles. The van der Waals surface area contributed by atoms with E-state index in [4.69, 9.17) is 5.73 Å². The van der Waals surface area contributed by atoms with Crippen LogP contribution in [-0.4, -0.2) is 44.1 Å². The minimum absolute atomic E-state index is 0.0479. The average Bonchev–Trinajstić information content (AvgIpc) is 2.27. The number of amides is 1. The summed E-state index contributed by atoms with van der Waals surface area (Å²) in [4.78, 5) is 13.1. The van der Waals surface area contributed by atoms with Crippen molar-refractivity contribution in [3.05, 3.63) is 12.0 Å². The maximum atomic E-state index is 11.3. The minimum atomic E-state index is -3.17. The highest BCUT2D eigenvalue weighted by molar-refractivity contribution is 7.94. The molecule has 2 atom stereocenters. The van der Waals surface area contributed by atoms with Gasteiger partial charge in [0.1, 0.15) is 0 Å². The number of carbonyl (C=O) groups is 1. The average molecular weight is 260 g/mol. The van der Waals surface area contributed by atoms with Gasteiger partial charge in [-0.15, -0.1) is 0 Å². The van der Waals surface area contributed by atoms with Gasteiger partial charge in [-0.05, 0) is 19.8 Å². The molecule has 1 aliphatic rings. The molecular formula is C11H20N2O3S. The molecule has 2 unspecified atom stereocenters. The fourth-order valence-corrected chi connectivity index (χ4v) is 2.71. The van der Waals surface area contributed by atoms with E-state index in [1.54, 1.807) is 0 Å². The van der Waals surface area contributed by atoms with Crippen LogP contribution in [0.25, 0.3) is 0 Å². The van der Waals surface area contributed by atoms with Crippen LogP contribution < -0.4 is 5.73 Å². The van der Waals surface area contributed by atoms with Crippen LogP contribution in [0, 0.1) is 5.92 Å². The summed E-state index contributed by atoms with van der Waals surface area (Å²) in [6, 6.07) is 0.297.